The van der Waals surface area contributed by atoms with E-state index in [9.17, 15) is 70.8 Å². The lowest BCUT2D eigenvalue weighted by molar-refractivity contribution is -0.141. The molecular weight excluding hydrogens is 2070 g/mol. The van der Waals surface area contributed by atoms with Crippen LogP contribution in [0.4, 0.5) is 97.2 Å². The topological polar surface area (TPSA) is 651 Å². The fourth-order valence-corrected chi connectivity index (χ4v) is 18.8. The third-order valence-corrected chi connectivity index (χ3v) is 28.3. The third kappa shape index (κ3) is 32.0. The van der Waals surface area contributed by atoms with Crippen molar-refractivity contribution in [2.75, 3.05) is 139 Å². The summed E-state index contributed by atoms with van der Waals surface area (Å²) in [5, 5.41) is 46.3. The van der Waals surface area contributed by atoms with Crippen LogP contribution in [0.5, 0.6) is 5.88 Å². The highest BCUT2D eigenvalue weighted by Gasteiger charge is 2.35. The quantitative estimate of drug-likeness (QED) is 0.0132. The Balaban J connectivity index is 0.000000187. The van der Waals surface area contributed by atoms with Gasteiger partial charge in [-0.3, -0.25) is 21.3 Å². The van der Waals surface area contributed by atoms with E-state index >= 15 is 0 Å². The molecule has 12 aromatic rings. The predicted octanol–water partition coefficient (Wildman–Crippen LogP) is 11.8. The first-order chi connectivity index (χ1) is 68.8. The van der Waals surface area contributed by atoms with Crippen molar-refractivity contribution in [3.63, 3.8) is 0 Å². The summed E-state index contributed by atoms with van der Waals surface area (Å²) < 4.78 is 168. The number of rotatable bonds is 34. The Morgan fingerprint density at radius 2 is 0.712 bits per heavy atom. The highest BCUT2D eigenvalue weighted by molar-refractivity contribution is 7.90. The largest absolute Gasteiger partial charge is 0.481 e. The first-order valence-corrected chi connectivity index (χ1v) is 53.5. The van der Waals surface area contributed by atoms with Gasteiger partial charge in [0.05, 0.1) is 89.6 Å². The molecule has 47 nitrogen and oxygen atoms in total. The number of sulfonamides is 4. The molecule has 0 spiro atoms. The zero-order valence-corrected chi connectivity index (χ0v) is 87.6. The van der Waals surface area contributed by atoms with E-state index in [1.165, 1.54) is 86.2 Å². The van der Waals surface area contributed by atoms with Gasteiger partial charge in [0.1, 0.15) is 60.0 Å². The fraction of sp³-hybridized carbons (Fsp3) is 0.352. The van der Waals surface area contributed by atoms with Gasteiger partial charge in [-0.05, 0) is 154 Å². The molecular formula is C88H106F3N27O20S8. The number of methoxy groups -OCH3 is 2. The van der Waals surface area contributed by atoms with Gasteiger partial charge >= 0.3 is 36.1 Å². The molecule has 58 heteroatoms. The molecule has 16 N–H and O–H groups in total. The van der Waals surface area contributed by atoms with Crippen molar-refractivity contribution in [3.05, 3.63) is 191 Å². The van der Waals surface area contributed by atoms with E-state index in [-0.39, 0.29) is 85.7 Å². The highest BCUT2D eigenvalue weighted by Crippen LogP contribution is 2.37. The number of ether oxygens (including phenoxy) is 7. The summed E-state index contributed by atoms with van der Waals surface area (Å²) in [7, 11) is -12.4. The van der Waals surface area contributed by atoms with E-state index in [2.05, 4.69) is 102 Å². The second-order valence-corrected chi connectivity index (χ2v) is 42.6. The predicted molar refractivity (Wildman–Crippen MR) is 543 cm³/mol. The van der Waals surface area contributed by atoms with E-state index in [0.29, 0.717) is 166 Å². The van der Waals surface area contributed by atoms with Crippen LogP contribution in [0.3, 0.4) is 0 Å². The average molecular weight is 2180 g/mol. The minimum atomic E-state index is -4.75. The van der Waals surface area contributed by atoms with Crippen LogP contribution in [0.25, 0.3) is 0 Å². The van der Waals surface area contributed by atoms with Crippen molar-refractivity contribution in [1.82, 2.24) is 64.7 Å². The number of halogens is 3. The number of hydrogen-bond donors (Lipinski definition) is 12. The Morgan fingerprint density at radius 1 is 0.404 bits per heavy atom. The molecule has 8 aromatic heterocycles. The maximum atomic E-state index is 13.4. The highest BCUT2D eigenvalue weighted by atomic mass is 32.2. The Hall–Kier alpha value is -13.9. The SMILES string of the molecule is CCOC(=O)c1sc(Nc2nc(NCc3ccc(S(N)(=O)=O)cc3)c(C)c(N3CCN(C(=O)OC(C)(C)C)CC3)n2)nc1C.CCOC(=O)c1sc(Nc2nc(NCc3ccc(S(N)(=O)=O)cc3)c(C)c(N3CCOCC3)n2)nc1C.CCOC(=O)c1sc(Nc2nc(NCc3ccc(S(N)(=O)=O)cc3)cc(C(F)(F)F)n2)nc1C.COC(=O)c1sc(Nc2nc(NCc3ccc(S(N)(=O)=O)cc3)cc(OC)n2)nc1C. The Kier molecular flexibility index (Phi) is 38.0. The molecule has 0 saturated carbocycles. The molecule has 0 atom stereocenters. The number of amides is 1. The molecule has 0 aliphatic carbocycles. The van der Waals surface area contributed by atoms with Crippen LogP contribution in [0.15, 0.2) is 129 Å². The van der Waals surface area contributed by atoms with Crippen LogP contribution in [-0.4, -0.2) is 220 Å². The molecule has 2 saturated heterocycles. The summed E-state index contributed by atoms with van der Waals surface area (Å²) in [6, 6.07) is 26.6. The number of nitrogens with zero attached hydrogens (tertiary/aromatic N) is 15. The van der Waals surface area contributed by atoms with Gasteiger partial charge in [0.2, 0.25) is 69.8 Å². The van der Waals surface area contributed by atoms with Crippen molar-refractivity contribution in [1.29, 1.82) is 0 Å². The van der Waals surface area contributed by atoms with Gasteiger partial charge in [-0.25, -0.2) is 103 Å². The Bertz CT molecular complexity index is 7160. The zero-order valence-electron chi connectivity index (χ0n) is 81.1. The van der Waals surface area contributed by atoms with E-state index in [4.69, 9.17) is 63.7 Å². The third-order valence-electron chi connectivity index (χ3n) is 20.4. The van der Waals surface area contributed by atoms with Gasteiger partial charge in [0.25, 0.3) is 0 Å². The number of thiazole rings is 4. The van der Waals surface area contributed by atoms with E-state index in [1.54, 1.807) is 95.8 Å². The normalized spacial score (nSPS) is 12.8. The van der Waals surface area contributed by atoms with Gasteiger partial charge in [0.15, 0.2) is 26.2 Å². The summed E-state index contributed by atoms with van der Waals surface area (Å²) in [6.45, 7) is 27.6. The van der Waals surface area contributed by atoms with Crippen LogP contribution < -0.4 is 77.6 Å². The summed E-state index contributed by atoms with van der Waals surface area (Å²) >= 11 is 4.34. The second kappa shape index (κ2) is 49.3. The molecule has 4 aromatic carbocycles. The molecule has 2 aliphatic heterocycles. The summed E-state index contributed by atoms with van der Waals surface area (Å²) in [6.07, 6.45) is -5.10. The lowest BCUT2D eigenvalue weighted by atomic mass is 10.2. The molecule has 1 amide bonds. The number of carbonyl (C=O) groups is 5. The number of nitrogens with two attached hydrogens (primary N) is 4. The first kappa shape index (κ1) is 112. The number of aromatic nitrogens is 12. The number of aryl methyl sites for hydroxylation is 4. The number of primary sulfonamides is 4. The van der Waals surface area contributed by atoms with Crippen molar-refractivity contribution in [2.24, 2.45) is 20.6 Å². The van der Waals surface area contributed by atoms with Gasteiger partial charge in [-0.2, -0.15) is 48.1 Å². The van der Waals surface area contributed by atoms with Gasteiger partial charge in [-0.1, -0.05) is 93.9 Å². The van der Waals surface area contributed by atoms with Crippen molar-refractivity contribution < 1.29 is 104 Å². The maximum Gasteiger partial charge on any atom is 0.433 e. The first-order valence-electron chi connectivity index (χ1n) is 44.1. The van der Waals surface area contributed by atoms with Crippen LogP contribution >= 0.6 is 45.3 Å². The average Bonchev–Trinajstić information content (AvgIpc) is 1.39. The molecule has 0 bridgehead atoms. The van der Waals surface area contributed by atoms with Gasteiger partial charge in [0, 0.05) is 88.7 Å². The molecule has 2 aliphatic rings. The minimum absolute atomic E-state index is 0.0275. The maximum absolute atomic E-state index is 13.4. The Morgan fingerprint density at radius 3 is 1.02 bits per heavy atom. The molecule has 14 rings (SSSR count). The summed E-state index contributed by atoms with van der Waals surface area (Å²) in [5.41, 5.74) is 4.88. The van der Waals surface area contributed by atoms with E-state index in [1.807, 2.05) is 34.6 Å². The molecule has 10 heterocycles. The van der Waals surface area contributed by atoms with Crippen molar-refractivity contribution in [2.45, 2.75) is 141 Å². The van der Waals surface area contributed by atoms with E-state index in [0.717, 1.165) is 73.7 Å². The standard InChI is InChI=1S/C28H38N8O6S2.C23H29N7O5S2.C19H19F3N6O4S2.C18H20N6O5S2/c1-7-41-24(37)21-18(3)31-26(43-21)34-25-32-22(30-16-19-8-10-20(11-9-19)44(29,39)40)17(2)23(33-25)35-12-14-36(15-13-35)27(38)42-28(4,5)6;1-4-35-21(31)18-15(3)26-23(36-18)29-22-27-19(14(2)20(28-22)30-9-11-34-12-10-30)25-13-16-5-7-17(8-6-16)37(24,32)33;1-3-32-16(29)15-10(2)25-18(33-15)28-17-26-13(19(20,21)22)8-14(27-17)24-9-11-4-6-12(7-5-11)34(23,30)31;1-10-15(16(25)29-3)30-18(21-10)24-17-22-13(8-14(23-17)28-2)20-9-11-4-6-12(7-5-11)31(19,26)27/h8-11H,7,12-16H2,1-6H3,(H2,29,39,40)(H2,30,31,32,33,34);5-8H,4,9-13H2,1-3H3,(H2,24,32,33)(H2,25,26,27,28,29);4-8H,3,9H2,1-2H3,(H2,23,30,31)(H2,24,25,26,27,28);4-8H,9H2,1-3H3,(H2,19,26,27)(H2,20,21,22,23,24). The number of hydrogen-bond acceptors (Lipinski definition) is 46. The number of alkyl halides is 3. The number of morpholine rings is 1. The zero-order chi connectivity index (χ0) is 107. The number of nitrogens with one attached hydrogen (secondary N) is 8. The smallest absolute Gasteiger partial charge is 0.433 e. The number of esters is 4. The fourth-order valence-electron chi connectivity index (χ4n) is 13.3. The van der Waals surface area contributed by atoms with Gasteiger partial charge in [-0.15, -0.1) is 0 Å². The van der Waals surface area contributed by atoms with Crippen LogP contribution in [0.1, 0.15) is 142 Å². The van der Waals surface area contributed by atoms with E-state index < -0.39 is 81.4 Å². The van der Waals surface area contributed by atoms with Crippen molar-refractivity contribution >= 4 is 195 Å². The second-order valence-electron chi connectivity index (χ2n) is 32.4. The lowest BCUT2D eigenvalue weighted by Crippen LogP contribution is -2.50. The number of carbonyl (C=O) groups excluding carboxylic acids is 5. The Labute approximate surface area is 854 Å². The minimum Gasteiger partial charge on any atom is -0.481 e. The number of anilines is 14. The molecule has 146 heavy (non-hydrogen) atoms. The van der Waals surface area contributed by atoms with Crippen LogP contribution in [-0.2, 0) is 101 Å². The van der Waals surface area contributed by atoms with Crippen LogP contribution in [0, 0.1) is 41.5 Å². The van der Waals surface area contributed by atoms with Gasteiger partial charge < -0.3 is 69.1 Å². The molecule has 782 valence electrons. The summed E-state index contributed by atoms with van der Waals surface area (Å²) in [5.74, 6) is 1.70. The number of benzene rings is 4. The molecule has 0 radical (unpaired) electrons. The van der Waals surface area contributed by atoms with Crippen LogP contribution in [0.2, 0.25) is 0 Å². The van der Waals surface area contributed by atoms with Crippen molar-refractivity contribution in [3.8, 4) is 5.88 Å². The monoisotopic (exact) mass is 2170 g/mol. The number of piperazine rings is 1. The molecule has 2 fully saturated rings. The molecule has 0 unspecified atom stereocenters. The summed E-state index contributed by atoms with van der Waals surface area (Å²) in [4.78, 5) is 121. The lowest BCUT2D eigenvalue weighted by Gasteiger charge is -2.36.